The van der Waals surface area contributed by atoms with Gasteiger partial charge >= 0.3 is 0 Å². The number of rotatable bonds is 8. The minimum Gasteiger partial charge on any atom is -0.478 e. The van der Waals surface area contributed by atoms with Crippen LogP contribution in [0.5, 0.6) is 5.88 Å². The second-order valence-electron chi connectivity index (χ2n) is 4.71. The van der Waals surface area contributed by atoms with E-state index in [2.05, 4.69) is 29.5 Å². The Morgan fingerprint density at radius 3 is 2.50 bits per heavy atom. The van der Waals surface area contributed by atoms with E-state index in [0.717, 1.165) is 18.5 Å². The molecule has 0 bridgehead atoms. The normalized spacial score (nSPS) is 12.1. The maximum Gasteiger partial charge on any atom is 0.242 e. The van der Waals surface area contributed by atoms with Crippen LogP contribution < -0.4 is 15.4 Å². The molecular weight excluding hydrogens is 254 g/mol. The van der Waals surface area contributed by atoms with E-state index in [1.807, 2.05) is 19.9 Å². The molecule has 0 fully saturated rings. The molecule has 5 heteroatoms. The van der Waals surface area contributed by atoms with Crippen LogP contribution in [-0.4, -0.2) is 29.6 Å². The monoisotopic (exact) mass is 279 g/mol. The molecule has 0 saturated heterocycles. The molecule has 5 nitrogen and oxygen atoms in total. The lowest BCUT2D eigenvalue weighted by molar-refractivity contribution is -0.122. The molecule has 1 amide bonds. The molecule has 1 aromatic heterocycles. The molecule has 112 valence electrons. The van der Waals surface area contributed by atoms with Gasteiger partial charge in [-0.1, -0.05) is 13.8 Å². The van der Waals surface area contributed by atoms with Gasteiger partial charge in [0.05, 0.1) is 18.5 Å². The summed E-state index contributed by atoms with van der Waals surface area (Å²) in [6.45, 7) is 8.49. The fraction of sp³-hybridized carbons (Fsp3) is 0.600. The minimum absolute atomic E-state index is 0.00702. The third kappa shape index (κ3) is 5.07. The van der Waals surface area contributed by atoms with Crippen molar-refractivity contribution in [1.82, 2.24) is 10.3 Å². The summed E-state index contributed by atoms with van der Waals surface area (Å²) in [6.07, 6.45) is 3.56. The first-order valence-corrected chi connectivity index (χ1v) is 7.26. The quantitative estimate of drug-likeness (QED) is 0.767. The highest BCUT2D eigenvalue weighted by Crippen LogP contribution is 2.12. The van der Waals surface area contributed by atoms with Gasteiger partial charge in [-0.25, -0.2) is 4.98 Å². The van der Waals surface area contributed by atoms with Crippen LogP contribution in [0.25, 0.3) is 0 Å². The molecule has 1 rings (SSSR count). The summed E-state index contributed by atoms with van der Waals surface area (Å²) in [6, 6.07) is 3.59. The Morgan fingerprint density at radius 1 is 1.30 bits per heavy atom. The van der Waals surface area contributed by atoms with Crippen molar-refractivity contribution in [3.05, 3.63) is 18.3 Å². The number of hydrogen-bond donors (Lipinski definition) is 2. The smallest absolute Gasteiger partial charge is 0.242 e. The molecule has 1 unspecified atom stereocenters. The number of aromatic nitrogens is 1. The lowest BCUT2D eigenvalue weighted by Gasteiger charge is -2.20. The van der Waals surface area contributed by atoms with Crippen molar-refractivity contribution < 1.29 is 9.53 Å². The van der Waals surface area contributed by atoms with E-state index < -0.39 is 0 Å². The van der Waals surface area contributed by atoms with Gasteiger partial charge in [0.25, 0.3) is 0 Å². The van der Waals surface area contributed by atoms with Crippen LogP contribution in [0, 0.1) is 0 Å². The van der Waals surface area contributed by atoms with Crippen molar-refractivity contribution in [2.24, 2.45) is 0 Å². The van der Waals surface area contributed by atoms with E-state index in [4.69, 9.17) is 4.74 Å². The minimum atomic E-state index is -0.296. The molecule has 1 aromatic rings. The standard InChI is InChI=1S/C15H25N3O2/c1-5-12(6-2)18-15(19)11(4)17-13-8-9-14(16-10-13)20-7-3/h8-12,17H,5-7H2,1-4H3,(H,18,19). The summed E-state index contributed by atoms with van der Waals surface area (Å²) in [4.78, 5) is 16.2. The first-order valence-electron chi connectivity index (χ1n) is 7.26. The second kappa shape index (κ2) is 8.40. The summed E-state index contributed by atoms with van der Waals surface area (Å²) < 4.78 is 5.28. The molecule has 0 aliphatic carbocycles. The number of carbonyl (C=O) groups excluding carboxylic acids is 1. The number of hydrogen-bond acceptors (Lipinski definition) is 4. The first-order chi connectivity index (χ1) is 9.60. The zero-order chi connectivity index (χ0) is 15.0. The largest absolute Gasteiger partial charge is 0.478 e. The van der Waals surface area contributed by atoms with Crippen molar-refractivity contribution in [2.45, 2.75) is 52.6 Å². The van der Waals surface area contributed by atoms with Crippen molar-refractivity contribution in [3.63, 3.8) is 0 Å². The fourth-order valence-corrected chi connectivity index (χ4v) is 1.83. The van der Waals surface area contributed by atoms with E-state index >= 15 is 0 Å². The molecule has 1 atom stereocenters. The van der Waals surface area contributed by atoms with Crippen molar-refractivity contribution in [3.8, 4) is 5.88 Å². The molecule has 0 aliphatic heterocycles. The Balaban J connectivity index is 2.52. The third-order valence-electron chi connectivity index (χ3n) is 3.14. The first kappa shape index (κ1) is 16.3. The molecule has 0 aromatic carbocycles. The van der Waals surface area contributed by atoms with Crippen LogP contribution in [-0.2, 0) is 4.79 Å². The van der Waals surface area contributed by atoms with Gasteiger partial charge in [0, 0.05) is 12.1 Å². The SMILES string of the molecule is CCOc1ccc(NC(C)C(=O)NC(CC)CC)cn1. The van der Waals surface area contributed by atoms with Crippen molar-refractivity contribution >= 4 is 11.6 Å². The Kier molecular flexibility index (Phi) is 6.84. The summed E-state index contributed by atoms with van der Waals surface area (Å²) in [5, 5.41) is 6.16. The number of anilines is 1. The molecule has 0 saturated carbocycles. The highest BCUT2D eigenvalue weighted by atomic mass is 16.5. The second-order valence-corrected chi connectivity index (χ2v) is 4.71. The topological polar surface area (TPSA) is 63.2 Å². The molecule has 1 heterocycles. The Bertz CT molecular complexity index is 402. The van der Waals surface area contributed by atoms with E-state index in [1.54, 1.807) is 12.3 Å². The Morgan fingerprint density at radius 2 is 2.00 bits per heavy atom. The van der Waals surface area contributed by atoms with Crippen LogP contribution in [0.1, 0.15) is 40.5 Å². The average Bonchev–Trinajstić information content (AvgIpc) is 2.46. The van der Waals surface area contributed by atoms with Gasteiger partial charge in [0.15, 0.2) is 0 Å². The molecule has 20 heavy (non-hydrogen) atoms. The van der Waals surface area contributed by atoms with Gasteiger partial charge in [-0.05, 0) is 32.8 Å². The highest BCUT2D eigenvalue weighted by molar-refractivity contribution is 5.84. The van der Waals surface area contributed by atoms with Crippen LogP contribution in [0.3, 0.4) is 0 Å². The van der Waals surface area contributed by atoms with Crippen LogP contribution in [0.15, 0.2) is 18.3 Å². The fourth-order valence-electron chi connectivity index (χ4n) is 1.83. The lowest BCUT2D eigenvalue weighted by atomic mass is 10.1. The van der Waals surface area contributed by atoms with Crippen LogP contribution in [0.4, 0.5) is 5.69 Å². The summed E-state index contributed by atoms with van der Waals surface area (Å²) in [5.41, 5.74) is 0.806. The number of carbonyl (C=O) groups is 1. The van der Waals surface area contributed by atoms with Crippen LogP contribution in [0.2, 0.25) is 0 Å². The maximum absolute atomic E-state index is 12.0. The Hall–Kier alpha value is -1.78. The van der Waals surface area contributed by atoms with Gasteiger partial charge in [0.2, 0.25) is 11.8 Å². The van der Waals surface area contributed by atoms with Gasteiger partial charge in [-0.3, -0.25) is 4.79 Å². The Labute approximate surface area is 121 Å². The van der Waals surface area contributed by atoms with Crippen molar-refractivity contribution in [1.29, 1.82) is 0 Å². The van der Waals surface area contributed by atoms with Gasteiger partial charge in [-0.2, -0.15) is 0 Å². The predicted octanol–water partition coefficient (Wildman–Crippen LogP) is 2.59. The van der Waals surface area contributed by atoms with E-state index in [1.165, 1.54) is 0 Å². The number of pyridine rings is 1. The van der Waals surface area contributed by atoms with E-state index in [9.17, 15) is 4.79 Å². The van der Waals surface area contributed by atoms with Crippen LogP contribution >= 0.6 is 0 Å². The predicted molar refractivity (Wildman–Crippen MR) is 81.0 cm³/mol. The van der Waals surface area contributed by atoms with Gasteiger partial charge in [0.1, 0.15) is 6.04 Å². The zero-order valence-electron chi connectivity index (χ0n) is 12.8. The number of nitrogens with zero attached hydrogens (tertiary/aromatic N) is 1. The average molecular weight is 279 g/mol. The third-order valence-corrected chi connectivity index (χ3v) is 3.14. The molecule has 0 aliphatic rings. The van der Waals surface area contributed by atoms with E-state index in [-0.39, 0.29) is 18.0 Å². The molecule has 0 spiro atoms. The number of ether oxygens (including phenoxy) is 1. The highest BCUT2D eigenvalue weighted by Gasteiger charge is 2.15. The zero-order valence-corrected chi connectivity index (χ0v) is 12.8. The summed E-state index contributed by atoms with van der Waals surface area (Å²) in [7, 11) is 0. The maximum atomic E-state index is 12.0. The van der Waals surface area contributed by atoms with Gasteiger partial charge in [-0.15, -0.1) is 0 Å². The number of amides is 1. The van der Waals surface area contributed by atoms with E-state index in [0.29, 0.717) is 12.5 Å². The number of nitrogens with one attached hydrogen (secondary N) is 2. The van der Waals surface area contributed by atoms with Gasteiger partial charge < -0.3 is 15.4 Å². The van der Waals surface area contributed by atoms with Crippen molar-refractivity contribution in [2.75, 3.05) is 11.9 Å². The summed E-state index contributed by atoms with van der Waals surface area (Å²) >= 11 is 0. The molecule has 2 N–H and O–H groups in total. The summed E-state index contributed by atoms with van der Waals surface area (Å²) in [5.74, 6) is 0.597. The molecule has 0 radical (unpaired) electrons. The lowest BCUT2D eigenvalue weighted by Crippen LogP contribution is -2.42. The molecular formula is C15H25N3O2.